The normalized spacial score (nSPS) is 12.4. The molecule has 0 fully saturated rings. The zero-order valence-corrected chi connectivity index (χ0v) is 14.8. The molecule has 9 heteroatoms. The topological polar surface area (TPSA) is 55.4 Å². The Kier molecular flexibility index (Phi) is 6.01. The first-order valence-corrected chi connectivity index (χ1v) is 8.01. The third-order valence-electron chi connectivity index (χ3n) is 3.28. The molecule has 0 aliphatic rings. The number of hydrogen-bond donors (Lipinski definition) is 1. The summed E-state index contributed by atoms with van der Waals surface area (Å²) in [4.78, 5) is 24.0. The molecule has 26 heavy (non-hydrogen) atoms. The molecule has 1 atom stereocenters. The van der Waals surface area contributed by atoms with E-state index in [0.717, 1.165) is 36.4 Å². The maximum atomic E-state index is 13.2. The van der Waals surface area contributed by atoms with Crippen LogP contribution in [-0.4, -0.2) is 18.0 Å². The molecule has 0 heterocycles. The number of benzene rings is 2. The maximum Gasteiger partial charge on any atom is 0.416 e. The SMILES string of the molecule is CC(OC(=O)c1cc(F)ccc1Br)C(=O)Nc1ccc(C(F)(F)F)cc1. The smallest absolute Gasteiger partial charge is 0.416 e. The van der Waals surface area contributed by atoms with Gasteiger partial charge in [0.25, 0.3) is 5.91 Å². The second-order valence-corrected chi connectivity index (χ2v) is 6.09. The highest BCUT2D eigenvalue weighted by atomic mass is 79.9. The van der Waals surface area contributed by atoms with Gasteiger partial charge in [-0.25, -0.2) is 9.18 Å². The van der Waals surface area contributed by atoms with Gasteiger partial charge in [0.2, 0.25) is 0 Å². The Bertz CT molecular complexity index is 822. The number of carbonyl (C=O) groups is 2. The van der Waals surface area contributed by atoms with Gasteiger partial charge in [0, 0.05) is 10.2 Å². The van der Waals surface area contributed by atoms with Crippen LogP contribution in [0.25, 0.3) is 0 Å². The van der Waals surface area contributed by atoms with Crippen molar-refractivity contribution in [1.29, 1.82) is 0 Å². The minimum atomic E-state index is -4.48. The van der Waals surface area contributed by atoms with E-state index in [9.17, 15) is 27.2 Å². The molecule has 0 spiro atoms. The predicted molar refractivity (Wildman–Crippen MR) is 89.1 cm³/mol. The van der Waals surface area contributed by atoms with Crippen LogP contribution in [0.15, 0.2) is 46.9 Å². The quantitative estimate of drug-likeness (QED) is 0.556. The average molecular weight is 434 g/mol. The fraction of sp³-hybridized carbons (Fsp3) is 0.176. The van der Waals surface area contributed by atoms with Gasteiger partial charge in [0.1, 0.15) is 5.82 Å². The molecule has 2 aromatic carbocycles. The molecular weight excluding hydrogens is 422 g/mol. The van der Waals surface area contributed by atoms with Gasteiger partial charge in [0.15, 0.2) is 6.10 Å². The summed E-state index contributed by atoms with van der Waals surface area (Å²) < 4.78 is 56.0. The molecule has 4 nitrogen and oxygen atoms in total. The second-order valence-electron chi connectivity index (χ2n) is 5.24. The molecule has 138 valence electrons. The predicted octanol–water partition coefficient (Wildman–Crippen LogP) is 4.79. The summed E-state index contributed by atoms with van der Waals surface area (Å²) in [5, 5.41) is 2.33. The van der Waals surface area contributed by atoms with Gasteiger partial charge < -0.3 is 10.1 Å². The van der Waals surface area contributed by atoms with Crippen LogP contribution in [-0.2, 0) is 15.7 Å². The van der Waals surface area contributed by atoms with E-state index in [0.29, 0.717) is 4.47 Å². The number of esters is 1. The lowest BCUT2D eigenvalue weighted by atomic mass is 10.2. The number of alkyl halides is 3. The lowest BCUT2D eigenvalue weighted by Crippen LogP contribution is -2.30. The molecule has 0 saturated carbocycles. The number of nitrogens with one attached hydrogen (secondary N) is 1. The lowest BCUT2D eigenvalue weighted by molar-refractivity contribution is -0.137. The highest BCUT2D eigenvalue weighted by molar-refractivity contribution is 9.10. The standard InChI is InChI=1S/C17H12BrF4NO3/c1-9(26-16(25)13-8-11(19)4-7-14(13)18)15(24)23-12-5-2-10(3-6-12)17(20,21)22/h2-9H,1H3,(H,23,24). The van der Waals surface area contributed by atoms with Gasteiger partial charge in [0.05, 0.1) is 11.1 Å². The molecule has 0 saturated heterocycles. The van der Waals surface area contributed by atoms with Crippen LogP contribution in [0.4, 0.5) is 23.2 Å². The van der Waals surface area contributed by atoms with Crippen LogP contribution in [0.5, 0.6) is 0 Å². The number of amides is 1. The van der Waals surface area contributed by atoms with Crippen molar-refractivity contribution in [2.24, 2.45) is 0 Å². The molecule has 0 aromatic heterocycles. The summed E-state index contributed by atoms with van der Waals surface area (Å²) in [7, 11) is 0. The Hall–Kier alpha value is -2.42. The Morgan fingerprint density at radius 1 is 1.12 bits per heavy atom. The Labute approximate surface area is 154 Å². The number of rotatable bonds is 4. The Morgan fingerprint density at radius 2 is 1.73 bits per heavy atom. The summed E-state index contributed by atoms with van der Waals surface area (Å²) in [5.41, 5.74) is -0.844. The summed E-state index contributed by atoms with van der Waals surface area (Å²) >= 11 is 3.07. The Balaban J connectivity index is 2.01. The van der Waals surface area contributed by atoms with Crippen LogP contribution in [0.3, 0.4) is 0 Å². The van der Waals surface area contributed by atoms with E-state index in [1.807, 2.05) is 0 Å². The summed E-state index contributed by atoms with van der Waals surface area (Å²) in [6.07, 6.45) is -5.73. The number of carbonyl (C=O) groups excluding carboxylic acids is 2. The molecule has 0 aliphatic heterocycles. The van der Waals surface area contributed by atoms with E-state index in [2.05, 4.69) is 21.2 Å². The van der Waals surface area contributed by atoms with Crippen molar-refractivity contribution in [3.05, 3.63) is 63.9 Å². The minimum absolute atomic E-state index is 0.0980. The van der Waals surface area contributed by atoms with Crippen LogP contribution in [0, 0.1) is 5.82 Å². The third kappa shape index (κ3) is 5.04. The zero-order chi connectivity index (χ0) is 19.5. The monoisotopic (exact) mass is 433 g/mol. The van der Waals surface area contributed by atoms with E-state index in [1.165, 1.54) is 13.0 Å². The molecule has 0 radical (unpaired) electrons. The van der Waals surface area contributed by atoms with Crippen molar-refractivity contribution in [2.45, 2.75) is 19.2 Å². The van der Waals surface area contributed by atoms with E-state index in [1.54, 1.807) is 0 Å². The van der Waals surface area contributed by atoms with Crippen molar-refractivity contribution in [1.82, 2.24) is 0 Å². The van der Waals surface area contributed by atoms with Gasteiger partial charge >= 0.3 is 12.1 Å². The molecule has 1 amide bonds. The van der Waals surface area contributed by atoms with Crippen molar-refractivity contribution in [2.75, 3.05) is 5.32 Å². The highest BCUT2D eigenvalue weighted by Gasteiger charge is 2.30. The van der Waals surface area contributed by atoms with Crippen molar-refractivity contribution in [3.8, 4) is 0 Å². The van der Waals surface area contributed by atoms with E-state index >= 15 is 0 Å². The van der Waals surface area contributed by atoms with Crippen LogP contribution < -0.4 is 5.32 Å². The molecular formula is C17H12BrF4NO3. The fourth-order valence-corrected chi connectivity index (χ4v) is 2.33. The largest absolute Gasteiger partial charge is 0.449 e. The van der Waals surface area contributed by atoms with Gasteiger partial charge in [-0.3, -0.25) is 4.79 Å². The van der Waals surface area contributed by atoms with E-state index < -0.39 is 35.5 Å². The molecule has 1 N–H and O–H groups in total. The molecule has 2 aromatic rings. The van der Waals surface area contributed by atoms with Crippen molar-refractivity contribution < 1.29 is 31.9 Å². The molecule has 2 rings (SSSR count). The van der Waals surface area contributed by atoms with Gasteiger partial charge in [-0.05, 0) is 65.3 Å². The van der Waals surface area contributed by atoms with Gasteiger partial charge in [-0.1, -0.05) is 0 Å². The van der Waals surface area contributed by atoms with Gasteiger partial charge in [-0.2, -0.15) is 13.2 Å². The average Bonchev–Trinajstić information content (AvgIpc) is 2.56. The minimum Gasteiger partial charge on any atom is -0.449 e. The highest BCUT2D eigenvalue weighted by Crippen LogP contribution is 2.29. The summed E-state index contributed by atoms with van der Waals surface area (Å²) in [6, 6.07) is 7.20. The number of hydrogen-bond acceptors (Lipinski definition) is 3. The maximum absolute atomic E-state index is 13.2. The van der Waals surface area contributed by atoms with Crippen LogP contribution >= 0.6 is 15.9 Å². The first-order chi connectivity index (χ1) is 12.1. The first-order valence-electron chi connectivity index (χ1n) is 7.22. The third-order valence-corrected chi connectivity index (χ3v) is 3.97. The van der Waals surface area contributed by atoms with Crippen LogP contribution in [0.2, 0.25) is 0 Å². The lowest BCUT2D eigenvalue weighted by Gasteiger charge is -2.14. The van der Waals surface area contributed by atoms with E-state index in [4.69, 9.17) is 4.74 Å². The second kappa shape index (κ2) is 7.86. The van der Waals surface area contributed by atoms with Crippen LogP contribution in [0.1, 0.15) is 22.8 Å². The van der Waals surface area contributed by atoms with E-state index in [-0.39, 0.29) is 11.3 Å². The molecule has 0 bridgehead atoms. The zero-order valence-electron chi connectivity index (χ0n) is 13.2. The summed E-state index contributed by atoms with van der Waals surface area (Å²) in [5.74, 6) is -2.32. The number of halogens is 5. The number of anilines is 1. The van der Waals surface area contributed by atoms with Crippen molar-refractivity contribution >= 4 is 33.5 Å². The first kappa shape index (κ1) is 19.9. The molecule has 0 aliphatic carbocycles. The number of ether oxygens (including phenoxy) is 1. The van der Waals surface area contributed by atoms with Gasteiger partial charge in [-0.15, -0.1) is 0 Å². The van der Waals surface area contributed by atoms with Crippen molar-refractivity contribution in [3.63, 3.8) is 0 Å². The summed E-state index contributed by atoms with van der Waals surface area (Å²) in [6.45, 7) is 1.28. The Morgan fingerprint density at radius 3 is 2.31 bits per heavy atom. The fourth-order valence-electron chi connectivity index (χ4n) is 1.92. The molecule has 1 unspecified atom stereocenters.